The van der Waals surface area contributed by atoms with E-state index < -0.39 is 0 Å². The van der Waals surface area contributed by atoms with Gasteiger partial charge in [-0.25, -0.2) is 9.63 Å². The van der Waals surface area contributed by atoms with Crippen molar-refractivity contribution in [1.29, 1.82) is 0 Å². The number of hydrazone groups is 1. The molecule has 0 amide bonds. The van der Waals surface area contributed by atoms with Gasteiger partial charge in [0.2, 0.25) is 0 Å². The molecule has 0 aromatic heterocycles. The highest BCUT2D eigenvalue weighted by Gasteiger charge is 2.10. The minimum atomic E-state index is -0.344. The van der Waals surface area contributed by atoms with E-state index in [1.54, 1.807) is 6.08 Å². The van der Waals surface area contributed by atoms with Crippen LogP contribution in [0.1, 0.15) is 0 Å². The summed E-state index contributed by atoms with van der Waals surface area (Å²) in [6.45, 7) is 0. The van der Waals surface area contributed by atoms with Gasteiger partial charge in [0, 0.05) is 18.2 Å². The molecule has 5 heteroatoms. The molecule has 0 radical (unpaired) electrons. The van der Waals surface area contributed by atoms with Crippen molar-refractivity contribution in [3.8, 4) is 0 Å². The third-order valence-electron chi connectivity index (χ3n) is 0.895. The molecule has 0 saturated carbocycles. The maximum absolute atomic E-state index is 10.8. The van der Waals surface area contributed by atoms with Crippen LogP contribution in [0.4, 0.5) is 0 Å². The second kappa shape index (κ2) is 3.26. The van der Waals surface area contributed by atoms with Gasteiger partial charge in [-0.15, -0.1) is 0 Å². The summed E-state index contributed by atoms with van der Waals surface area (Å²) in [5.41, 5.74) is 0. The highest BCUT2D eigenvalue weighted by molar-refractivity contribution is 8.02. The second-order valence-electron chi connectivity index (χ2n) is 1.49. The molecular formula is C5H6N2O2S. The van der Waals surface area contributed by atoms with Gasteiger partial charge in [-0.2, -0.15) is 5.10 Å². The Bertz CT molecular complexity index is 200. The average Bonchev–Trinajstić information content (AvgIpc) is 2.05. The Morgan fingerprint density at radius 3 is 3.20 bits per heavy atom. The van der Waals surface area contributed by atoms with Gasteiger partial charge in [0.1, 0.15) is 4.91 Å². The van der Waals surface area contributed by atoms with E-state index in [4.69, 9.17) is 0 Å². The molecule has 0 aromatic rings. The number of hydrogen-bond acceptors (Lipinski definition) is 5. The zero-order valence-electron chi connectivity index (χ0n) is 5.33. The molecule has 1 rings (SSSR count). The summed E-state index contributed by atoms with van der Waals surface area (Å²) >= 11 is 1.13. The molecule has 0 bridgehead atoms. The molecular weight excluding hydrogens is 152 g/mol. The highest BCUT2D eigenvalue weighted by Crippen LogP contribution is 2.14. The number of ether oxygens (including phenoxy) is 1. The van der Waals surface area contributed by atoms with Gasteiger partial charge >= 0.3 is 5.97 Å². The summed E-state index contributed by atoms with van der Waals surface area (Å²) in [4.78, 5) is 13.8. The van der Waals surface area contributed by atoms with E-state index in [2.05, 4.69) is 14.7 Å². The Hall–Kier alpha value is -0.970. The van der Waals surface area contributed by atoms with E-state index in [1.807, 2.05) is 0 Å². The first-order chi connectivity index (χ1) is 4.84. The number of allylic oxidation sites excluding steroid dienone is 1. The maximum atomic E-state index is 10.8. The lowest BCUT2D eigenvalue weighted by molar-refractivity contribution is -0.135. The fourth-order valence-corrected chi connectivity index (χ4v) is 0.963. The monoisotopic (exact) mass is 158 g/mol. The van der Waals surface area contributed by atoms with Crippen LogP contribution in [-0.4, -0.2) is 19.3 Å². The molecule has 10 heavy (non-hydrogen) atoms. The summed E-state index contributed by atoms with van der Waals surface area (Å²) in [6, 6.07) is 0. The molecule has 0 fully saturated rings. The number of rotatable bonds is 1. The molecule has 0 aromatic carbocycles. The molecule has 0 atom stereocenters. The highest BCUT2D eigenvalue weighted by atomic mass is 32.2. The Kier molecular flexibility index (Phi) is 2.33. The molecule has 4 nitrogen and oxygen atoms in total. The van der Waals surface area contributed by atoms with Crippen LogP contribution in [-0.2, 0) is 9.53 Å². The van der Waals surface area contributed by atoms with E-state index >= 15 is 0 Å². The molecule has 1 aliphatic rings. The number of hydrogen-bond donors (Lipinski definition) is 1. The summed E-state index contributed by atoms with van der Waals surface area (Å²) in [5.74, 6) is -0.344. The Labute approximate surface area is 62.5 Å². The zero-order chi connectivity index (χ0) is 7.40. The molecule has 1 heterocycles. The quantitative estimate of drug-likeness (QED) is 0.440. The normalized spacial score (nSPS) is 15.5. The summed E-state index contributed by atoms with van der Waals surface area (Å²) in [6.07, 6.45) is 3.09. The van der Waals surface area contributed by atoms with Crippen LogP contribution in [0.25, 0.3) is 0 Å². The topological polar surface area (TPSA) is 50.7 Å². The molecule has 0 aliphatic carbocycles. The van der Waals surface area contributed by atoms with Crippen molar-refractivity contribution in [3.05, 3.63) is 11.0 Å². The first kappa shape index (κ1) is 7.14. The predicted octanol–water partition coefficient (Wildman–Crippen LogP) is 0.280. The molecule has 1 N–H and O–H groups in total. The molecule has 1 aliphatic heterocycles. The molecule has 0 unspecified atom stereocenters. The summed E-state index contributed by atoms with van der Waals surface area (Å²) in [7, 11) is 1.34. The Balaban J connectivity index is 2.62. The average molecular weight is 158 g/mol. The smallest absolute Gasteiger partial charge is 0.346 e. The van der Waals surface area contributed by atoms with Crippen molar-refractivity contribution in [2.24, 2.45) is 5.10 Å². The number of carbonyl (C=O) groups excluding carboxylic acids is 1. The first-order valence-electron chi connectivity index (χ1n) is 2.58. The van der Waals surface area contributed by atoms with Gasteiger partial charge in [-0.05, 0) is 6.08 Å². The van der Waals surface area contributed by atoms with Crippen LogP contribution in [0.5, 0.6) is 0 Å². The van der Waals surface area contributed by atoms with Crippen LogP contribution in [0.3, 0.4) is 0 Å². The Morgan fingerprint density at radius 2 is 2.70 bits per heavy atom. The SMILES string of the molecule is COC(=O)C1=CC=NNS1. The summed E-state index contributed by atoms with van der Waals surface area (Å²) < 4.78 is 4.46. The minimum Gasteiger partial charge on any atom is -0.465 e. The van der Waals surface area contributed by atoms with Crippen LogP contribution >= 0.6 is 11.9 Å². The van der Waals surface area contributed by atoms with E-state index in [-0.39, 0.29) is 5.97 Å². The van der Waals surface area contributed by atoms with E-state index in [9.17, 15) is 4.79 Å². The van der Waals surface area contributed by atoms with Crippen LogP contribution < -0.4 is 4.83 Å². The molecule has 54 valence electrons. The van der Waals surface area contributed by atoms with Crippen molar-refractivity contribution in [3.63, 3.8) is 0 Å². The fourth-order valence-electron chi connectivity index (χ4n) is 0.455. The van der Waals surface area contributed by atoms with Gasteiger partial charge in [0.15, 0.2) is 0 Å². The summed E-state index contributed by atoms with van der Waals surface area (Å²) in [5, 5.41) is 3.65. The van der Waals surface area contributed by atoms with Crippen LogP contribution in [0, 0.1) is 0 Å². The second-order valence-corrected chi connectivity index (χ2v) is 2.32. The standard InChI is InChI=1S/C5H6N2O2S/c1-9-5(8)4-2-3-6-7-10-4/h2-3,7H,1H3. The van der Waals surface area contributed by atoms with Gasteiger partial charge in [0.05, 0.1) is 7.11 Å². The van der Waals surface area contributed by atoms with Crippen molar-refractivity contribution in [2.45, 2.75) is 0 Å². The first-order valence-corrected chi connectivity index (χ1v) is 3.40. The van der Waals surface area contributed by atoms with E-state index in [1.165, 1.54) is 13.3 Å². The van der Waals surface area contributed by atoms with E-state index in [0.717, 1.165) is 11.9 Å². The van der Waals surface area contributed by atoms with Gasteiger partial charge in [-0.3, -0.25) is 0 Å². The van der Waals surface area contributed by atoms with Crippen LogP contribution in [0.15, 0.2) is 16.1 Å². The van der Waals surface area contributed by atoms with Crippen molar-refractivity contribution in [2.75, 3.05) is 7.11 Å². The maximum Gasteiger partial charge on any atom is 0.346 e. The number of methoxy groups -OCH3 is 1. The van der Waals surface area contributed by atoms with Gasteiger partial charge in [0.25, 0.3) is 0 Å². The molecule has 0 saturated heterocycles. The van der Waals surface area contributed by atoms with Crippen molar-refractivity contribution >= 4 is 24.1 Å². The number of nitrogens with zero attached hydrogens (tertiary/aromatic N) is 1. The third kappa shape index (κ3) is 1.51. The van der Waals surface area contributed by atoms with Gasteiger partial charge in [-0.1, -0.05) is 0 Å². The lowest BCUT2D eigenvalue weighted by Gasteiger charge is -2.04. The predicted molar refractivity (Wildman–Crippen MR) is 39.3 cm³/mol. The molecule has 0 spiro atoms. The number of nitrogens with one attached hydrogen (secondary N) is 1. The van der Waals surface area contributed by atoms with Crippen LogP contribution in [0.2, 0.25) is 0 Å². The van der Waals surface area contributed by atoms with E-state index in [0.29, 0.717) is 4.91 Å². The minimum absolute atomic E-state index is 0.344. The third-order valence-corrected chi connectivity index (χ3v) is 1.61. The number of carbonyl (C=O) groups is 1. The number of esters is 1. The fraction of sp³-hybridized carbons (Fsp3) is 0.200. The Morgan fingerprint density at radius 1 is 1.90 bits per heavy atom. The van der Waals surface area contributed by atoms with Crippen molar-refractivity contribution < 1.29 is 9.53 Å². The lowest BCUT2D eigenvalue weighted by atomic mass is 10.5. The lowest BCUT2D eigenvalue weighted by Crippen LogP contribution is -2.08. The van der Waals surface area contributed by atoms with Crippen molar-refractivity contribution in [1.82, 2.24) is 4.83 Å². The van der Waals surface area contributed by atoms with Gasteiger partial charge < -0.3 is 4.74 Å². The zero-order valence-corrected chi connectivity index (χ0v) is 6.14. The largest absolute Gasteiger partial charge is 0.465 e.